The lowest BCUT2D eigenvalue weighted by atomic mass is 10.1. The summed E-state index contributed by atoms with van der Waals surface area (Å²) in [5, 5.41) is 2.10. The molecule has 0 saturated heterocycles. The average molecular weight is 223 g/mol. The van der Waals surface area contributed by atoms with E-state index in [1.54, 1.807) is 6.20 Å². The Balaban J connectivity index is 2.73. The van der Waals surface area contributed by atoms with E-state index in [1.807, 2.05) is 41.0 Å². The molecule has 0 radical (unpaired) electrons. The van der Waals surface area contributed by atoms with Crippen LogP contribution in [0.1, 0.15) is 0 Å². The Bertz CT molecular complexity index is 738. The van der Waals surface area contributed by atoms with Gasteiger partial charge in [0.15, 0.2) is 0 Å². The maximum atomic E-state index is 6.06. The van der Waals surface area contributed by atoms with Gasteiger partial charge >= 0.3 is 0 Å². The Morgan fingerprint density at radius 2 is 1.71 bits per heavy atom. The van der Waals surface area contributed by atoms with Crippen LogP contribution < -0.4 is 11.5 Å². The van der Waals surface area contributed by atoms with Crippen molar-refractivity contribution < 1.29 is 0 Å². The molecule has 3 rings (SSSR count). The quantitative estimate of drug-likeness (QED) is 0.623. The Morgan fingerprint density at radius 3 is 2.47 bits per heavy atom. The van der Waals surface area contributed by atoms with Gasteiger partial charge in [-0.15, -0.1) is 0 Å². The third-order valence-corrected chi connectivity index (χ3v) is 3.10. The smallest absolute Gasteiger partial charge is 0.0786 e. The SMILES string of the molecule is C=Cn1c2ccccc2c2c(N)ccc(N)c21. The number of nitrogens with two attached hydrogens (primary N) is 2. The van der Waals surface area contributed by atoms with Crippen molar-refractivity contribution in [3.8, 4) is 0 Å². The second-order valence-electron chi connectivity index (χ2n) is 4.04. The molecular weight excluding hydrogens is 210 g/mol. The lowest BCUT2D eigenvalue weighted by Crippen LogP contribution is -1.94. The predicted molar refractivity (Wildman–Crippen MR) is 74.7 cm³/mol. The number of para-hydroxylation sites is 1. The molecule has 0 spiro atoms. The molecule has 4 N–H and O–H groups in total. The van der Waals surface area contributed by atoms with Gasteiger partial charge in [-0.2, -0.15) is 0 Å². The molecule has 0 unspecified atom stereocenters. The number of nitrogens with zero attached hydrogens (tertiary/aromatic N) is 1. The van der Waals surface area contributed by atoms with E-state index in [2.05, 4.69) is 6.58 Å². The predicted octanol–water partition coefficient (Wildman–Crippen LogP) is 3.06. The minimum Gasteiger partial charge on any atom is -0.398 e. The molecule has 3 heteroatoms. The summed E-state index contributed by atoms with van der Waals surface area (Å²) in [4.78, 5) is 0. The number of aromatic nitrogens is 1. The molecule has 2 aromatic carbocycles. The van der Waals surface area contributed by atoms with E-state index in [0.29, 0.717) is 5.69 Å². The van der Waals surface area contributed by atoms with Gasteiger partial charge in [0.05, 0.1) is 16.7 Å². The van der Waals surface area contributed by atoms with E-state index in [0.717, 1.165) is 27.5 Å². The monoisotopic (exact) mass is 223 g/mol. The van der Waals surface area contributed by atoms with Crippen LogP contribution in [0.15, 0.2) is 43.0 Å². The molecule has 84 valence electrons. The Labute approximate surface area is 98.9 Å². The van der Waals surface area contributed by atoms with E-state index in [9.17, 15) is 0 Å². The Morgan fingerprint density at radius 1 is 1.00 bits per heavy atom. The van der Waals surface area contributed by atoms with E-state index < -0.39 is 0 Å². The molecule has 0 saturated carbocycles. The highest BCUT2D eigenvalue weighted by Gasteiger charge is 2.12. The molecule has 3 aromatic rings. The summed E-state index contributed by atoms with van der Waals surface area (Å²) >= 11 is 0. The van der Waals surface area contributed by atoms with Crippen LogP contribution >= 0.6 is 0 Å². The molecule has 17 heavy (non-hydrogen) atoms. The largest absolute Gasteiger partial charge is 0.398 e. The highest BCUT2D eigenvalue weighted by Crippen LogP contribution is 2.36. The molecule has 1 heterocycles. The number of benzene rings is 2. The molecule has 0 amide bonds. The zero-order valence-electron chi connectivity index (χ0n) is 9.35. The number of anilines is 2. The summed E-state index contributed by atoms with van der Waals surface area (Å²) in [6.07, 6.45) is 1.76. The van der Waals surface area contributed by atoms with Crippen LogP contribution in [0.5, 0.6) is 0 Å². The van der Waals surface area contributed by atoms with Gasteiger partial charge in [-0.05, 0) is 18.2 Å². The van der Waals surface area contributed by atoms with Gasteiger partial charge in [0.1, 0.15) is 0 Å². The molecule has 3 nitrogen and oxygen atoms in total. The Kier molecular flexibility index (Phi) is 1.89. The van der Waals surface area contributed by atoms with Crippen molar-refractivity contribution in [2.45, 2.75) is 0 Å². The van der Waals surface area contributed by atoms with Gasteiger partial charge in [0, 0.05) is 22.7 Å². The van der Waals surface area contributed by atoms with Gasteiger partial charge in [0.2, 0.25) is 0 Å². The van der Waals surface area contributed by atoms with Gasteiger partial charge in [-0.1, -0.05) is 24.8 Å². The molecule has 0 atom stereocenters. The minimum absolute atomic E-state index is 0.713. The van der Waals surface area contributed by atoms with Crippen LogP contribution in [-0.2, 0) is 0 Å². The van der Waals surface area contributed by atoms with Crippen LogP contribution in [0, 0.1) is 0 Å². The molecule has 1 aromatic heterocycles. The summed E-state index contributed by atoms with van der Waals surface area (Å²) in [7, 11) is 0. The van der Waals surface area contributed by atoms with Crippen molar-refractivity contribution >= 4 is 39.4 Å². The van der Waals surface area contributed by atoms with Crippen molar-refractivity contribution in [2.75, 3.05) is 11.5 Å². The van der Waals surface area contributed by atoms with Crippen molar-refractivity contribution in [1.82, 2.24) is 4.57 Å². The molecule has 0 bridgehead atoms. The fourth-order valence-corrected chi connectivity index (χ4v) is 2.37. The molecule has 0 aliphatic carbocycles. The topological polar surface area (TPSA) is 57.0 Å². The summed E-state index contributed by atoms with van der Waals surface area (Å²) in [6, 6.07) is 11.8. The van der Waals surface area contributed by atoms with Gasteiger partial charge < -0.3 is 16.0 Å². The normalized spacial score (nSPS) is 11.1. The molecule has 0 fully saturated rings. The van der Waals surface area contributed by atoms with E-state index in [-0.39, 0.29) is 0 Å². The second-order valence-corrected chi connectivity index (χ2v) is 4.04. The lowest BCUT2D eigenvalue weighted by Gasteiger charge is -2.03. The number of rotatable bonds is 1. The number of hydrogen-bond acceptors (Lipinski definition) is 2. The van der Waals surface area contributed by atoms with Crippen LogP contribution in [-0.4, -0.2) is 4.57 Å². The van der Waals surface area contributed by atoms with Crippen molar-refractivity contribution in [3.05, 3.63) is 43.0 Å². The van der Waals surface area contributed by atoms with Crippen LogP contribution in [0.25, 0.3) is 28.0 Å². The maximum absolute atomic E-state index is 6.06. The standard InChI is InChI=1S/C14H13N3/c1-2-17-12-6-4-3-5-9(12)13-10(15)7-8-11(16)14(13)17/h2-8H,1,15-16H2. The molecule has 0 aliphatic heterocycles. The highest BCUT2D eigenvalue weighted by molar-refractivity contribution is 6.17. The fourth-order valence-electron chi connectivity index (χ4n) is 2.37. The van der Waals surface area contributed by atoms with Crippen LogP contribution in [0.3, 0.4) is 0 Å². The summed E-state index contributed by atoms with van der Waals surface area (Å²) < 4.78 is 1.98. The van der Waals surface area contributed by atoms with Gasteiger partial charge in [-0.3, -0.25) is 0 Å². The first-order valence-corrected chi connectivity index (χ1v) is 5.43. The lowest BCUT2D eigenvalue weighted by molar-refractivity contribution is 1.30. The fraction of sp³-hybridized carbons (Fsp3) is 0. The molecular formula is C14H13N3. The highest BCUT2D eigenvalue weighted by atomic mass is 15.0. The van der Waals surface area contributed by atoms with Gasteiger partial charge in [-0.25, -0.2) is 0 Å². The van der Waals surface area contributed by atoms with E-state index in [1.165, 1.54) is 0 Å². The zero-order valence-corrected chi connectivity index (χ0v) is 9.35. The van der Waals surface area contributed by atoms with Crippen molar-refractivity contribution in [2.24, 2.45) is 0 Å². The third-order valence-electron chi connectivity index (χ3n) is 3.10. The van der Waals surface area contributed by atoms with E-state index >= 15 is 0 Å². The average Bonchev–Trinajstić information content (AvgIpc) is 2.69. The maximum Gasteiger partial charge on any atom is 0.0786 e. The zero-order chi connectivity index (χ0) is 12.0. The number of fused-ring (bicyclic) bond motifs is 3. The van der Waals surface area contributed by atoms with Crippen molar-refractivity contribution in [3.63, 3.8) is 0 Å². The summed E-state index contributed by atoms with van der Waals surface area (Å²) in [5.41, 5.74) is 15.6. The Hall–Kier alpha value is -2.42. The summed E-state index contributed by atoms with van der Waals surface area (Å²) in [6.45, 7) is 3.84. The van der Waals surface area contributed by atoms with E-state index in [4.69, 9.17) is 11.5 Å². The first kappa shape index (κ1) is 9.78. The number of nitrogen functional groups attached to an aromatic ring is 2. The second kappa shape index (κ2) is 3.28. The van der Waals surface area contributed by atoms with Crippen LogP contribution in [0.2, 0.25) is 0 Å². The third kappa shape index (κ3) is 1.16. The van der Waals surface area contributed by atoms with Gasteiger partial charge in [0.25, 0.3) is 0 Å². The first-order chi connectivity index (χ1) is 8.24. The van der Waals surface area contributed by atoms with Crippen LogP contribution in [0.4, 0.5) is 11.4 Å². The summed E-state index contributed by atoms with van der Waals surface area (Å²) in [5.74, 6) is 0. The number of hydrogen-bond donors (Lipinski definition) is 2. The molecule has 0 aliphatic rings. The van der Waals surface area contributed by atoms with Crippen molar-refractivity contribution in [1.29, 1.82) is 0 Å². The first-order valence-electron chi connectivity index (χ1n) is 5.43. The minimum atomic E-state index is 0.713.